The summed E-state index contributed by atoms with van der Waals surface area (Å²) in [5, 5.41) is 11.8. The molecule has 0 saturated carbocycles. The van der Waals surface area contributed by atoms with Crippen molar-refractivity contribution in [3.63, 3.8) is 0 Å². The molecular formula is C11H14N2O4S. The fraction of sp³-hybridized carbons (Fsp3) is 0.364. The van der Waals surface area contributed by atoms with E-state index in [1.807, 2.05) is 0 Å². The molecule has 18 heavy (non-hydrogen) atoms. The number of hydrogen-bond donors (Lipinski definition) is 2. The maximum Gasteiger partial charge on any atom is 0.243 e. The van der Waals surface area contributed by atoms with Crippen molar-refractivity contribution >= 4 is 15.9 Å². The van der Waals surface area contributed by atoms with Crippen LogP contribution < -0.4 is 5.32 Å². The number of nitrogens with one attached hydrogen (secondary N) is 1. The molecule has 0 aromatic heterocycles. The summed E-state index contributed by atoms with van der Waals surface area (Å²) in [4.78, 5) is 11.6. The summed E-state index contributed by atoms with van der Waals surface area (Å²) < 4.78 is 25.8. The van der Waals surface area contributed by atoms with Gasteiger partial charge in [0.05, 0.1) is 4.90 Å². The molecular weight excluding hydrogens is 256 g/mol. The Morgan fingerprint density at radius 3 is 2.56 bits per heavy atom. The number of benzene rings is 1. The molecule has 1 aliphatic rings. The van der Waals surface area contributed by atoms with Crippen molar-refractivity contribution in [1.82, 2.24) is 9.62 Å². The van der Waals surface area contributed by atoms with Gasteiger partial charge in [-0.1, -0.05) is 0 Å². The zero-order chi connectivity index (χ0) is 13.3. The van der Waals surface area contributed by atoms with Crippen LogP contribution >= 0.6 is 0 Å². The third-order valence-corrected chi connectivity index (χ3v) is 4.87. The molecule has 1 saturated heterocycles. The van der Waals surface area contributed by atoms with E-state index in [0.29, 0.717) is 6.54 Å². The van der Waals surface area contributed by atoms with E-state index in [2.05, 4.69) is 5.32 Å². The molecule has 98 valence electrons. The predicted molar refractivity (Wildman–Crippen MR) is 64.5 cm³/mol. The lowest BCUT2D eigenvalue weighted by Crippen LogP contribution is -2.55. The summed E-state index contributed by atoms with van der Waals surface area (Å²) in [6.07, 6.45) is 0. The third-order valence-electron chi connectivity index (χ3n) is 2.89. The summed E-state index contributed by atoms with van der Waals surface area (Å²) in [5.74, 6) is -0.304. The van der Waals surface area contributed by atoms with E-state index in [9.17, 15) is 13.2 Å². The van der Waals surface area contributed by atoms with E-state index in [1.165, 1.54) is 24.3 Å². The monoisotopic (exact) mass is 270 g/mol. The van der Waals surface area contributed by atoms with Crippen molar-refractivity contribution in [1.29, 1.82) is 0 Å². The Bertz CT molecular complexity index is 553. The van der Waals surface area contributed by atoms with Crippen molar-refractivity contribution < 1.29 is 18.3 Å². The van der Waals surface area contributed by atoms with Crippen LogP contribution in [-0.4, -0.2) is 42.9 Å². The van der Waals surface area contributed by atoms with Gasteiger partial charge >= 0.3 is 0 Å². The number of carbonyl (C=O) groups is 1. The molecule has 1 atom stereocenters. The van der Waals surface area contributed by atoms with Crippen LogP contribution in [0.3, 0.4) is 0 Å². The van der Waals surface area contributed by atoms with Gasteiger partial charge in [0.1, 0.15) is 11.8 Å². The number of hydrogen-bond acceptors (Lipinski definition) is 4. The maximum atomic E-state index is 12.3. The number of aromatic hydroxyl groups is 1. The number of phenolic OH excluding ortho intramolecular Hbond substituents is 1. The smallest absolute Gasteiger partial charge is 0.243 e. The van der Waals surface area contributed by atoms with Crippen molar-refractivity contribution in [2.24, 2.45) is 0 Å². The van der Waals surface area contributed by atoms with Crippen LogP contribution in [0, 0.1) is 0 Å². The van der Waals surface area contributed by atoms with Gasteiger partial charge in [-0.25, -0.2) is 8.42 Å². The largest absolute Gasteiger partial charge is 0.508 e. The first kappa shape index (κ1) is 12.8. The molecule has 2 rings (SSSR count). The Hall–Kier alpha value is -1.60. The molecule has 0 radical (unpaired) electrons. The molecule has 1 aliphatic heterocycles. The lowest BCUT2D eigenvalue weighted by Gasteiger charge is -2.31. The summed E-state index contributed by atoms with van der Waals surface area (Å²) in [6.45, 7) is 2.10. The van der Waals surface area contributed by atoms with E-state index >= 15 is 0 Å². The molecule has 1 amide bonds. The molecule has 2 N–H and O–H groups in total. The molecule has 0 bridgehead atoms. The van der Waals surface area contributed by atoms with Gasteiger partial charge in [0.15, 0.2) is 0 Å². The highest BCUT2D eigenvalue weighted by atomic mass is 32.2. The number of rotatable bonds is 2. The lowest BCUT2D eigenvalue weighted by molar-refractivity contribution is -0.126. The first-order chi connectivity index (χ1) is 8.43. The summed E-state index contributed by atoms with van der Waals surface area (Å²) >= 11 is 0. The topological polar surface area (TPSA) is 86.7 Å². The van der Waals surface area contributed by atoms with Crippen LogP contribution in [0.4, 0.5) is 0 Å². The van der Waals surface area contributed by atoms with E-state index < -0.39 is 16.1 Å². The van der Waals surface area contributed by atoms with Crippen LogP contribution in [0.5, 0.6) is 5.75 Å². The average molecular weight is 270 g/mol. The SMILES string of the molecule is CC1C(=O)NCCN1S(=O)(=O)c1ccc(O)cc1. The second kappa shape index (κ2) is 4.58. The molecule has 0 aliphatic carbocycles. The lowest BCUT2D eigenvalue weighted by atomic mass is 10.2. The Morgan fingerprint density at radius 2 is 1.94 bits per heavy atom. The van der Waals surface area contributed by atoms with Crippen molar-refractivity contribution in [2.75, 3.05) is 13.1 Å². The van der Waals surface area contributed by atoms with Gasteiger partial charge in [-0.05, 0) is 31.2 Å². The number of nitrogens with zero attached hydrogens (tertiary/aromatic N) is 1. The van der Waals surface area contributed by atoms with Gasteiger partial charge in [-0.15, -0.1) is 0 Å². The molecule has 1 fully saturated rings. The number of sulfonamides is 1. The van der Waals surface area contributed by atoms with Crippen molar-refractivity contribution in [3.8, 4) is 5.75 Å². The van der Waals surface area contributed by atoms with Gasteiger partial charge < -0.3 is 10.4 Å². The summed E-state index contributed by atoms with van der Waals surface area (Å²) in [7, 11) is -3.70. The predicted octanol–water partition coefficient (Wildman–Crippen LogP) is -0.0988. The van der Waals surface area contributed by atoms with Gasteiger partial charge in [0.25, 0.3) is 0 Å². The first-order valence-electron chi connectivity index (χ1n) is 5.51. The minimum absolute atomic E-state index is 0.00149. The Kier molecular flexibility index (Phi) is 3.27. The van der Waals surface area contributed by atoms with Gasteiger partial charge in [0.2, 0.25) is 15.9 Å². The Morgan fingerprint density at radius 1 is 1.33 bits per heavy atom. The van der Waals surface area contributed by atoms with Crippen LogP contribution in [0.1, 0.15) is 6.92 Å². The van der Waals surface area contributed by atoms with E-state index in [-0.39, 0.29) is 23.1 Å². The minimum atomic E-state index is -3.70. The molecule has 6 nitrogen and oxygen atoms in total. The van der Waals surface area contributed by atoms with Crippen LogP contribution in [0.15, 0.2) is 29.2 Å². The van der Waals surface area contributed by atoms with Gasteiger partial charge in [0, 0.05) is 13.1 Å². The van der Waals surface area contributed by atoms with Gasteiger partial charge in [-0.3, -0.25) is 4.79 Å². The highest BCUT2D eigenvalue weighted by Crippen LogP contribution is 2.21. The Balaban J connectivity index is 2.36. The summed E-state index contributed by atoms with van der Waals surface area (Å²) in [5.41, 5.74) is 0. The van der Waals surface area contributed by atoms with Crippen LogP contribution in [0.2, 0.25) is 0 Å². The quantitative estimate of drug-likeness (QED) is 0.785. The molecule has 1 heterocycles. The van der Waals surface area contributed by atoms with E-state index in [4.69, 9.17) is 5.11 Å². The standard InChI is InChI=1S/C11H14N2O4S/c1-8-11(15)12-6-7-13(8)18(16,17)10-4-2-9(14)3-5-10/h2-5,8,14H,6-7H2,1H3,(H,12,15). The zero-order valence-corrected chi connectivity index (χ0v) is 10.6. The second-order valence-corrected chi connectivity index (χ2v) is 5.97. The van der Waals surface area contributed by atoms with Crippen LogP contribution in [-0.2, 0) is 14.8 Å². The van der Waals surface area contributed by atoms with E-state index in [1.54, 1.807) is 6.92 Å². The third kappa shape index (κ3) is 2.19. The Labute approximate surface area is 105 Å². The fourth-order valence-corrected chi connectivity index (χ4v) is 3.44. The molecule has 0 spiro atoms. The van der Waals surface area contributed by atoms with Crippen LogP contribution in [0.25, 0.3) is 0 Å². The number of phenols is 1. The fourth-order valence-electron chi connectivity index (χ4n) is 1.84. The number of amides is 1. The number of carbonyl (C=O) groups excluding carboxylic acids is 1. The zero-order valence-electron chi connectivity index (χ0n) is 9.83. The minimum Gasteiger partial charge on any atom is -0.508 e. The summed E-state index contributed by atoms with van der Waals surface area (Å²) in [6, 6.07) is 4.54. The van der Waals surface area contributed by atoms with Crippen molar-refractivity contribution in [2.45, 2.75) is 17.9 Å². The van der Waals surface area contributed by atoms with Crippen molar-refractivity contribution in [3.05, 3.63) is 24.3 Å². The van der Waals surface area contributed by atoms with E-state index in [0.717, 1.165) is 4.31 Å². The van der Waals surface area contributed by atoms with Gasteiger partial charge in [-0.2, -0.15) is 4.31 Å². The highest BCUT2D eigenvalue weighted by Gasteiger charge is 2.35. The molecule has 1 aromatic rings. The highest BCUT2D eigenvalue weighted by molar-refractivity contribution is 7.89. The molecule has 1 aromatic carbocycles. The number of piperazine rings is 1. The first-order valence-corrected chi connectivity index (χ1v) is 6.95. The second-order valence-electron chi connectivity index (χ2n) is 4.08. The average Bonchev–Trinajstić information content (AvgIpc) is 2.33. The maximum absolute atomic E-state index is 12.3. The normalized spacial score (nSPS) is 21.6. The molecule has 7 heteroatoms. The molecule has 1 unspecified atom stereocenters.